The Morgan fingerprint density at radius 2 is 1.92 bits per heavy atom. The van der Waals surface area contributed by atoms with Crippen LogP contribution in [0.3, 0.4) is 0 Å². The number of aromatic nitrogens is 1. The van der Waals surface area contributed by atoms with Gasteiger partial charge in [-0.1, -0.05) is 6.07 Å². The summed E-state index contributed by atoms with van der Waals surface area (Å²) in [6.45, 7) is 5.76. The van der Waals surface area contributed by atoms with Gasteiger partial charge in [-0.05, 0) is 57.8 Å². The minimum absolute atomic E-state index is 0. The highest BCUT2D eigenvalue weighted by Gasteiger charge is 2.52. The highest BCUT2D eigenvalue weighted by molar-refractivity contribution is 6.06. The molecule has 3 heterocycles. The number of nitrogens with one attached hydrogen (secondary N) is 2. The molecule has 3 rings (SSSR count). The van der Waals surface area contributed by atoms with Crippen molar-refractivity contribution in [3.8, 4) is 0 Å². The Labute approximate surface area is 154 Å². The topological polar surface area (TPSA) is 74.3 Å². The first-order chi connectivity index (χ1) is 10.5. The molecule has 0 aromatic carbocycles. The fraction of sp³-hybridized carbons (Fsp3) is 0.562. The molecule has 2 saturated heterocycles. The van der Waals surface area contributed by atoms with Crippen LogP contribution in [-0.4, -0.2) is 40.5 Å². The van der Waals surface area contributed by atoms with Gasteiger partial charge in [-0.15, -0.1) is 24.8 Å². The van der Waals surface area contributed by atoms with Crippen molar-refractivity contribution in [2.75, 3.05) is 13.1 Å². The summed E-state index contributed by atoms with van der Waals surface area (Å²) in [5.41, 5.74) is 0.826. The minimum Gasteiger partial charge on any atom is -0.323 e. The Balaban J connectivity index is 0.00000144. The number of piperidine rings is 1. The molecule has 24 heavy (non-hydrogen) atoms. The van der Waals surface area contributed by atoms with Gasteiger partial charge in [0.1, 0.15) is 5.54 Å². The van der Waals surface area contributed by atoms with Crippen LogP contribution >= 0.6 is 24.8 Å². The summed E-state index contributed by atoms with van der Waals surface area (Å²) in [5, 5.41) is 6.21. The molecule has 1 aromatic heterocycles. The lowest BCUT2D eigenvalue weighted by Gasteiger charge is -2.34. The summed E-state index contributed by atoms with van der Waals surface area (Å²) in [4.78, 5) is 30.8. The van der Waals surface area contributed by atoms with Crippen LogP contribution < -0.4 is 10.6 Å². The zero-order valence-corrected chi connectivity index (χ0v) is 15.5. The molecule has 3 amide bonds. The van der Waals surface area contributed by atoms with Gasteiger partial charge in [-0.2, -0.15) is 0 Å². The maximum absolute atomic E-state index is 12.8. The number of amides is 3. The average Bonchev–Trinajstić information content (AvgIpc) is 2.73. The van der Waals surface area contributed by atoms with Crippen LogP contribution in [0, 0.1) is 12.8 Å². The van der Waals surface area contributed by atoms with Gasteiger partial charge in [0.05, 0.1) is 12.2 Å². The molecule has 134 valence electrons. The number of urea groups is 1. The number of aryl methyl sites for hydroxylation is 1. The smallest absolute Gasteiger partial charge is 0.323 e. The molecule has 2 aliphatic heterocycles. The van der Waals surface area contributed by atoms with E-state index in [4.69, 9.17) is 0 Å². The molecule has 0 radical (unpaired) electrons. The fourth-order valence-corrected chi connectivity index (χ4v) is 3.38. The van der Waals surface area contributed by atoms with Crippen LogP contribution in [0.25, 0.3) is 0 Å². The maximum Gasteiger partial charge on any atom is 0.325 e. The Hall–Kier alpha value is -1.37. The first-order valence-electron chi connectivity index (χ1n) is 7.78. The van der Waals surface area contributed by atoms with E-state index in [0.717, 1.165) is 37.3 Å². The second kappa shape index (κ2) is 8.14. The van der Waals surface area contributed by atoms with Crippen molar-refractivity contribution in [3.05, 3.63) is 29.6 Å². The van der Waals surface area contributed by atoms with Gasteiger partial charge in [0.15, 0.2) is 0 Å². The molecule has 2 fully saturated rings. The molecule has 2 aliphatic rings. The van der Waals surface area contributed by atoms with Crippen molar-refractivity contribution in [1.82, 2.24) is 20.5 Å². The van der Waals surface area contributed by atoms with E-state index in [-0.39, 0.29) is 49.2 Å². The summed E-state index contributed by atoms with van der Waals surface area (Å²) in [6.07, 6.45) is 1.80. The number of hydrogen-bond donors (Lipinski definition) is 2. The predicted octanol–water partition coefficient (Wildman–Crippen LogP) is 2.04. The van der Waals surface area contributed by atoms with E-state index in [0.29, 0.717) is 0 Å². The van der Waals surface area contributed by atoms with Crippen molar-refractivity contribution in [3.63, 3.8) is 0 Å². The van der Waals surface area contributed by atoms with Crippen molar-refractivity contribution < 1.29 is 9.59 Å². The number of pyridine rings is 1. The van der Waals surface area contributed by atoms with Gasteiger partial charge >= 0.3 is 6.03 Å². The molecule has 0 aliphatic carbocycles. The standard InChI is InChI=1S/C16H22N4O2.2ClH/c1-11-4-3-5-13(18-11)10-20-14(21)16(2,19-15(20)22)12-6-8-17-9-7-12;;/h3-5,12,17H,6-10H2,1-2H3,(H,19,22);2*1H. The van der Waals surface area contributed by atoms with Crippen molar-refractivity contribution >= 4 is 36.8 Å². The SMILES string of the molecule is Cc1cccc(CN2C(=O)NC(C)(C3CCNCC3)C2=O)n1.Cl.Cl. The Kier molecular flexibility index (Phi) is 7.01. The summed E-state index contributed by atoms with van der Waals surface area (Å²) >= 11 is 0. The number of hydrogen-bond acceptors (Lipinski definition) is 4. The van der Waals surface area contributed by atoms with E-state index in [2.05, 4.69) is 15.6 Å². The summed E-state index contributed by atoms with van der Waals surface area (Å²) in [5.74, 6) is 0.0494. The van der Waals surface area contributed by atoms with E-state index in [1.54, 1.807) is 0 Å². The highest BCUT2D eigenvalue weighted by Crippen LogP contribution is 2.32. The molecule has 0 spiro atoms. The number of nitrogens with zero attached hydrogens (tertiary/aromatic N) is 2. The number of carbonyl (C=O) groups excluding carboxylic acids is 2. The van der Waals surface area contributed by atoms with Crippen LogP contribution in [-0.2, 0) is 11.3 Å². The van der Waals surface area contributed by atoms with Crippen LogP contribution in [0.5, 0.6) is 0 Å². The Bertz CT molecular complexity index is 607. The third-order valence-corrected chi connectivity index (χ3v) is 4.72. The largest absolute Gasteiger partial charge is 0.325 e. The molecule has 1 aromatic rings. The van der Waals surface area contributed by atoms with Crippen LogP contribution in [0.4, 0.5) is 4.79 Å². The van der Waals surface area contributed by atoms with Gasteiger partial charge < -0.3 is 10.6 Å². The lowest BCUT2D eigenvalue weighted by atomic mass is 9.79. The first kappa shape index (κ1) is 20.7. The van der Waals surface area contributed by atoms with Crippen LogP contribution in [0.2, 0.25) is 0 Å². The lowest BCUT2D eigenvalue weighted by Crippen LogP contribution is -2.53. The van der Waals surface area contributed by atoms with Crippen LogP contribution in [0.1, 0.15) is 31.2 Å². The summed E-state index contributed by atoms with van der Waals surface area (Å²) in [6, 6.07) is 5.32. The predicted molar refractivity (Wildman–Crippen MR) is 96.6 cm³/mol. The molecule has 8 heteroatoms. The van der Waals surface area contributed by atoms with Crippen molar-refractivity contribution in [2.24, 2.45) is 5.92 Å². The summed E-state index contributed by atoms with van der Waals surface area (Å²) in [7, 11) is 0. The van der Waals surface area contributed by atoms with E-state index in [1.165, 1.54) is 4.90 Å². The molecular weight excluding hydrogens is 351 g/mol. The zero-order valence-electron chi connectivity index (χ0n) is 13.9. The normalized spacial score (nSPS) is 24.2. The summed E-state index contributed by atoms with van der Waals surface area (Å²) < 4.78 is 0. The highest BCUT2D eigenvalue weighted by atomic mass is 35.5. The average molecular weight is 375 g/mol. The van der Waals surface area contributed by atoms with Gasteiger partial charge in [0, 0.05) is 5.69 Å². The molecule has 6 nitrogen and oxygen atoms in total. The third-order valence-electron chi connectivity index (χ3n) is 4.72. The van der Waals surface area contributed by atoms with Crippen molar-refractivity contribution in [2.45, 2.75) is 38.8 Å². The number of imide groups is 1. The van der Waals surface area contributed by atoms with Crippen molar-refractivity contribution in [1.29, 1.82) is 0 Å². The third kappa shape index (κ3) is 3.82. The van der Waals surface area contributed by atoms with E-state index in [9.17, 15) is 9.59 Å². The van der Waals surface area contributed by atoms with Gasteiger partial charge in [0.25, 0.3) is 5.91 Å². The fourth-order valence-electron chi connectivity index (χ4n) is 3.38. The molecule has 0 saturated carbocycles. The second-order valence-corrected chi connectivity index (χ2v) is 6.32. The van der Waals surface area contributed by atoms with E-state index >= 15 is 0 Å². The van der Waals surface area contributed by atoms with Gasteiger partial charge in [-0.25, -0.2) is 4.79 Å². The van der Waals surface area contributed by atoms with Crippen LogP contribution in [0.15, 0.2) is 18.2 Å². The van der Waals surface area contributed by atoms with Gasteiger partial charge in [0.2, 0.25) is 0 Å². The quantitative estimate of drug-likeness (QED) is 0.793. The molecule has 1 atom stereocenters. The Morgan fingerprint density at radius 1 is 1.25 bits per heavy atom. The molecule has 2 N–H and O–H groups in total. The molecular formula is C16H24Cl2N4O2. The second-order valence-electron chi connectivity index (χ2n) is 6.32. The van der Waals surface area contributed by atoms with Gasteiger partial charge in [-0.3, -0.25) is 14.7 Å². The van der Waals surface area contributed by atoms with E-state index < -0.39 is 5.54 Å². The zero-order chi connectivity index (χ0) is 15.7. The molecule has 0 bridgehead atoms. The maximum atomic E-state index is 12.8. The Morgan fingerprint density at radius 3 is 2.54 bits per heavy atom. The number of halogens is 2. The number of rotatable bonds is 3. The molecule has 1 unspecified atom stereocenters. The monoisotopic (exact) mass is 374 g/mol. The lowest BCUT2D eigenvalue weighted by molar-refractivity contribution is -0.133. The first-order valence-corrected chi connectivity index (χ1v) is 7.78. The minimum atomic E-state index is -0.789. The number of carbonyl (C=O) groups is 2. The van der Waals surface area contributed by atoms with E-state index in [1.807, 2.05) is 32.0 Å².